The number of aliphatic hydroxyl groups is 1. The molecule has 0 amide bonds. The monoisotopic (exact) mass is 431 g/mol. The van der Waals surface area contributed by atoms with Gasteiger partial charge in [-0.25, -0.2) is 4.57 Å². The van der Waals surface area contributed by atoms with Crippen molar-refractivity contribution in [2.24, 2.45) is 0 Å². The molecule has 1 N–H and O–H groups in total. The lowest BCUT2D eigenvalue weighted by molar-refractivity contribution is -0.698. The van der Waals surface area contributed by atoms with Gasteiger partial charge < -0.3 is 10.0 Å². The SMILES string of the molecule is CCCSSCC[n+]1ccc(/C=C/c2ccc(N(CC)CCO)cc2C)cc1C. The van der Waals surface area contributed by atoms with Gasteiger partial charge >= 0.3 is 0 Å². The van der Waals surface area contributed by atoms with Crippen LogP contribution in [0.4, 0.5) is 5.69 Å². The molecule has 0 aliphatic carbocycles. The maximum Gasteiger partial charge on any atom is 0.178 e. The normalized spacial score (nSPS) is 11.3. The molecule has 5 heteroatoms. The molecular weight excluding hydrogens is 396 g/mol. The minimum atomic E-state index is 0.179. The Kier molecular flexibility index (Phi) is 10.7. The lowest BCUT2D eigenvalue weighted by Crippen LogP contribution is -2.37. The zero-order valence-corrected chi connectivity index (χ0v) is 19.9. The van der Waals surface area contributed by atoms with Crippen LogP contribution in [0.5, 0.6) is 0 Å². The summed E-state index contributed by atoms with van der Waals surface area (Å²) in [7, 11) is 3.94. The van der Waals surface area contributed by atoms with Gasteiger partial charge in [0.1, 0.15) is 0 Å². The summed E-state index contributed by atoms with van der Waals surface area (Å²) >= 11 is 0. The van der Waals surface area contributed by atoms with Gasteiger partial charge in [-0.3, -0.25) is 0 Å². The summed E-state index contributed by atoms with van der Waals surface area (Å²) in [6.45, 7) is 11.5. The highest BCUT2D eigenvalue weighted by Gasteiger charge is 2.07. The quantitative estimate of drug-likeness (QED) is 0.278. The Bertz CT molecular complexity index is 792. The molecule has 0 saturated carbocycles. The third-order valence-corrected chi connectivity index (χ3v) is 7.48. The number of hydrogen-bond donors (Lipinski definition) is 1. The molecule has 0 unspecified atom stereocenters. The van der Waals surface area contributed by atoms with Crippen LogP contribution in [0.1, 0.15) is 42.7 Å². The van der Waals surface area contributed by atoms with E-state index in [-0.39, 0.29) is 6.61 Å². The van der Waals surface area contributed by atoms with Crippen molar-refractivity contribution in [3.63, 3.8) is 0 Å². The first-order valence-corrected chi connectivity index (χ1v) is 13.0. The first-order chi connectivity index (χ1) is 14.1. The van der Waals surface area contributed by atoms with E-state index in [1.165, 1.54) is 40.2 Å². The smallest absolute Gasteiger partial charge is 0.178 e. The highest BCUT2D eigenvalue weighted by Crippen LogP contribution is 2.22. The Hall–Kier alpha value is -1.43. The minimum Gasteiger partial charge on any atom is -0.395 e. The van der Waals surface area contributed by atoms with Crippen LogP contribution in [0, 0.1) is 13.8 Å². The van der Waals surface area contributed by atoms with Crippen molar-refractivity contribution < 1.29 is 9.67 Å². The fraction of sp³-hybridized carbons (Fsp3) is 0.458. The summed E-state index contributed by atoms with van der Waals surface area (Å²) in [5, 5.41) is 9.23. The number of hydrogen-bond acceptors (Lipinski definition) is 4. The van der Waals surface area contributed by atoms with Crippen LogP contribution in [-0.2, 0) is 6.54 Å². The lowest BCUT2D eigenvalue weighted by atomic mass is 10.1. The van der Waals surface area contributed by atoms with E-state index in [0.29, 0.717) is 6.54 Å². The van der Waals surface area contributed by atoms with Crippen LogP contribution >= 0.6 is 21.6 Å². The Morgan fingerprint density at radius 3 is 2.48 bits per heavy atom. The van der Waals surface area contributed by atoms with E-state index in [1.807, 2.05) is 21.6 Å². The molecule has 29 heavy (non-hydrogen) atoms. The molecule has 0 atom stereocenters. The van der Waals surface area contributed by atoms with Crippen LogP contribution in [0.25, 0.3) is 12.2 Å². The minimum absolute atomic E-state index is 0.179. The number of likely N-dealkylation sites (N-methyl/N-ethyl adjacent to an activating group) is 1. The van der Waals surface area contributed by atoms with Crippen molar-refractivity contribution in [3.8, 4) is 0 Å². The molecule has 0 radical (unpaired) electrons. The van der Waals surface area contributed by atoms with Gasteiger partial charge in [-0.15, -0.1) is 0 Å². The standard InChI is InChI=1S/C24H35N2OS2/c1-5-16-28-29-17-14-26-12-11-22(19-21(26)4)7-8-23-9-10-24(18-20(23)3)25(6-2)13-15-27/h7-12,18-19,27H,5-6,13-17H2,1-4H3/q+1. The van der Waals surface area contributed by atoms with Crippen molar-refractivity contribution in [1.82, 2.24) is 0 Å². The summed E-state index contributed by atoms with van der Waals surface area (Å²) in [6, 6.07) is 11.0. The van der Waals surface area contributed by atoms with E-state index < -0.39 is 0 Å². The van der Waals surface area contributed by atoms with Crippen LogP contribution in [0.3, 0.4) is 0 Å². The fourth-order valence-corrected chi connectivity index (χ4v) is 5.28. The van der Waals surface area contributed by atoms with E-state index in [0.717, 1.165) is 18.8 Å². The molecule has 158 valence electrons. The maximum absolute atomic E-state index is 9.23. The molecule has 3 nitrogen and oxygen atoms in total. The lowest BCUT2D eigenvalue weighted by Gasteiger charge is -2.22. The predicted octanol–water partition coefficient (Wildman–Crippen LogP) is 5.37. The number of benzene rings is 1. The average Bonchev–Trinajstić information content (AvgIpc) is 2.72. The van der Waals surface area contributed by atoms with Gasteiger partial charge in [-0.1, -0.05) is 46.7 Å². The van der Waals surface area contributed by atoms with Crippen LogP contribution in [-0.4, -0.2) is 36.3 Å². The molecule has 1 heterocycles. The summed E-state index contributed by atoms with van der Waals surface area (Å²) in [5.74, 6) is 2.37. The van der Waals surface area contributed by atoms with E-state index >= 15 is 0 Å². The van der Waals surface area contributed by atoms with Crippen LogP contribution in [0.2, 0.25) is 0 Å². The average molecular weight is 432 g/mol. The predicted molar refractivity (Wildman–Crippen MR) is 132 cm³/mol. The zero-order valence-electron chi connectivity index (χ0n) is 18.2. The molecule has 1 aromatic carbocycles. The second-order valence-corrected chi connectivity index (χ2v) is 9.82. The number of rotatable bonds is 12. The van der Waals surface area contributed by atoms with Gasteiger partial charge in [0, 0.05) is 43.6 Å². The van der Waals surface area contributed by atoms with Gasteiger partial charge in [0.15, 0.2) is 18.4 Å². The van der Waals surface area contributed by atoms with Crippen LogP contribution in [0.15, 0.2) is 36.5 Å². The zero-order chi connectivity index (χ0) is 21.1. The summed E-state index contributed by atoms with van der Waals surface area (Å²) in [5.41, 5.74) is 6.17. The topological polar surface area (TPSA) is 27.4 Å². The molecule has 0 aliphatic heterocycles. The Morgan fingerprint density at radius 2 is 1.83 bits per heavy atom. The molecular formula is C24H35N2OS2+. The third-order valence-electron chi connectivity index (χ3n) is 4.89. The molecule has 2 aromatic rings. The van der Waals surface area contributed by atoms with Crippen molar-refractivity contribution >= 4 is 39.4 Å². The van der Waals surface area contributed by atoms with Gasteiger partial charge in [0.05, 0.1) is 12.4 Å². The first kappa shape index (κ1) is 23.8. The molecule has 2 rings (SSSR count). The Morgan fingerprint density at radius 1 is 1.03 bits per heavy atom. The summed E-state index contributed by atoms with van der Waals surface area (Å²) in [4.78, 5) is 2.19. The summed E-state index contributed by atoms with van der Waals surface area (Å²) < 4.78 is 2.33. The highest BCUT2D eigenvalue weighted by molar-refractivity contribution is 8.76. The van der Waals surface area contributed by atoms with Crippen molar-refractivity contribution in [3.05, 3.63) is 58.9 Å². The van der Waals surface area contributed by atoms with E-state index in [1.54, 1.807) is 0 Å². The van der Waals surface area contributed by atoms with Gasteiger partial charge in [-0.2, -0.15) is 0 Å². The maximum atomic E-state index is 9.23. The molecule has 0 aliphatic rings. The largest absolute Gasteiger partial charge is 0.395 e. The number of aryl methyl sites for hydroxylation is 3. The van der Waals surface area contributed by atoms with E-state index in [2.05, 4.69) is 85.8 Å². The van der Waals surface area contributed by atoms with E-state index in [9.17, 15) is 5.11 Å². The van der Waals surface area contributed by atoms with Gasteiger partial charge in [0.2, 0.25) is 0 Å². The number of anilines is 1. The Labute approximate surface area is 184 Å². The van der Waals surface area contributed by atoms with Crippen molar-refractivity contribution in [1.29, 1.82) is 0 Å². The third kappa shape index (κ3) is 7.72. The van der Waals surface area contributed by atoms with Crippen molar-refractivity contribution in [2.45, 2.75) is 40.7 Å². The van der Waals surface area contributed by atoms with Crippen LogP contribution < -0.4 is 9.47 Å². The fourth-order valence-electron chi connectivity index (χ4n) is 3.18. The molecule has 0 fully saturated rings. The Balaban J connectivity index is 2.01. The van der Waals surface area contributed by atoms with Crippen molar-refractivity contribution in [2.75, 3.05) is 36.1 Å². The molecule has 0 bridgehead atoms. The highest BCUT2D eigenvalue weighted by atomic mass is 33.1. The number of nitrogens with zero attached hydrogens (tertiary/aromatic N) is 2. The number of pyridine rings is 1. The first-order valence-electron chi connectivity index (χ1n) is 10.5. The number of aliphatic hydroxyl groups excluding tert-OH is 1. The molecule has 0 saturated heterocycles. The van der Waals surface area contributed by atoms with Gasteiger partial charge in [-0.05, 0) is 49.1 Å². The second kappa shape index (κ2) is 13.0. The molecule has 0 spiro atoms. The number of aromatic nitrogens is 1. The molecule has 1 aromatic heterocycles. The second-order valence-electron chi connectivity index (χ2n) is 7.12. The van der Waals surface area contributed by atoms with Gasteiger partial charge in [0.25, 0.3) is 0 Å². The van der Waals surface area contributed by atoms with E-state index in [4.69, 9.17) is 0 Å². The summed E-state index contributed by atoms with van der Waals surface area (Å²) in [6.07, 6.45) is 7.82.